The van der Waals surface area contributed by atoms with E-state index in [1.807, 2.05) is 22.8 Å². The molecule has 0 aliphatic heterocycles. The van der Waals surface area contributed by atoms with Crippen molar-refractivity contribution in [1.82, 2.24) is 19.8 Å². The highest BCUT2D eigenvalue weighted by Gasteiger charge is 2.09. The number of imidazole rings is 1. The van der Waals surface area contributed by atoms with Crippen molar-refractivity contribution in [3.05, 3.63) is 22.7 Å². The number of fused-ring (bicyclic) bond motifs is 1. The SMILES string of the molecule is CN(C)C(=O)NCCn1c(N)nc2cc(Br)ccc21. The Kier molecular flexibility index (Phi) is 3.94. The van der Waals surface area contributed by atoms with Crippen LogP contribution in [-0.2, 0) is 6.54 Å². The Morgan fingerprint density at radius 1 is 1.53 bits per heavy atom. The maximum Gasteiger partial charge on any atom is 0.316 e. The lowest BCUT2D eigenvalue weighted by Crippen LogP contribution is -2.36. The number of amides is 2. The molecule has 1 heterocycles. The highest BCUT2D eigenvalue weighted by atomic mass is 79.9. The molecule has 3 N–H and O–H groups in total. The lowest BCUT2D eigenvalue weighted by Gasteiger charge is -2.12. The Labute approximate surface area is 119 Å². The van der Waals surface area contributed by atoms with Gasteiger partial charge in [0.15, 0.2) is 0 Å². The maximum atomic E-state index is 11.4. The van der Waals surface area contributed by atoms with Crippen molar-refractivity contribution in [2.24, 2.45) is 0 Å². The number of anilines is 1. The molecule has 0 bridgehead atoms. The molecule has 1 aromatic carbocycles. The molecule has 1 aromatic heterocycles. The van der Waals surface area contributed by atoms with Crippen molar-refractivity contribution >= 4 is 38.9 Å². The van der Waals surface area contributed by atoms with Crippen LogP contribution < -0.4 is 11.1 Å². The predicted molar refractivity (Wildman–Crippen MR) is 78.9 cm³/mol. The summed E-state index contributed by atoms with van der Waals surface area (Å²) < 4.78 is 2.85. The monoisotopic (exact) mass is 325 g/mol. The molecule has 0 aliphatic rings. The summed E-state index contributed by atoms with van der Waals surface area (Å²) in [4.78, 5) is 17.2. The lowest BCUT2D eigenvalue weighted by molar-refractivity contribution is 0.217. The van der Waals surface area contributed by atoms with Crippen LogP contribution in [0.1, 0.15) is 0 Å². The quantitative estimate of drug-likeness (QED) is 0.900. The van der Waals surface area contributed by atoms with Gasteiger partial charge in [0.1, 0.15) is 0 Å². The van der Waals surface area contributed by atoms with Gasteiger partial charge in [0.25, 0.3) is 0 Å². The summed E-state index contributed by atoms with van der Waals surface area (Å²) in [5.41, 5.74) is 7.69. The van der Waals surface area contributed by atoms with Crippen molar-refractivity contribution in [3.8, 4) is 0 Å². The summed E-state index contributed by atoms with van der Waals surface area (Å²) in [5, 5.41) is 2.80. The Balaban J connectivity index is 2.12. The summed E-state index contributed by atoms with van der Waals surface area (Å²) in [5.74, 6) is 0.451. The van der Waals surface area contributed by atoms with Crippen LogP contribution in [-0.4, -0.2) is 41.1 Å². The van der Waals surface area contributed by atoms with Crippen LogP contribution >= 0.6 is 15.9 Å². The van der Waals surface area contributed by atoms with Crippen LogP contribution in [0.15, 0.2) is 22.7 Å². The van der Waals surface area contributed by atoms with Gasteiger partial charge < -0.3 is 20.5 Å². The van der Waals surface area contributed by atoms with Crippen molar-refractivity contribution in [2.45, 2.75) is 6.54 Å². The van der Waals surface area contributed by atoms with E-state index in [4.69, 9.17) is 5.73 Å². The molecule has 0 unspecified atom stereocenters. The first kappa shape index (κ1) is 13.7. The number of aromatic nitrogens is 2. The number of hydrogen-bond acceptors (Lipinski definition) is 3. The van der Waals surface area contributed by atoms with E-state index in [1.54, 1.807) is 14.1 Å². The topological polar surface area (TPSA) is 76.2 Å². The van der Waals surface area contributed by atoms with Crippen molar-refractivity contribution in [3.63, 3.8) is 0 Å². The van der Waals surface area contributed by atoms with Gasteiger partial charge in [-0.05, 0) is 18.2 Å². The van der Waals surface area contributed by atoms with Crippen molar-refractivity contribution in [1.29, 1.82) is 0 Å². The third kappa shape index (κ3) is 2.98. The smallest absolute Gasteiger partial charge is 0.316 e. The molecule has 102 valence electrons. The second kappa shape index (κ2) is 5.48. The van der Waals surface area contributed by atoms with E-state index in [2.05, 4.69) is 26.2 Å². The first-order chi connectivity index (χ1) is 8.99. The van der Waals surface area contributed by atoms with Crippen LogP contribution in [0.2, 0.25) is 0 Å². The van der Waals surface area contributed by atoms with Gasteiger partial charge in [0.05, 0.1) is 11.0 Å². The predicted octanol–water partition coefficient (Wildman–Crippen LogP) is 1.65. The second-order valence-corrected chi connectivity index (χ2v) is 5.30. The molecule has 0 aliphatic carbocycles. The number of rotatable bonds is 3. The molecule has 0 saturated heterocycles. The normalized spacial score (nSPS) is 10.7. The molecule has 6 nitrogen and oxygen atoms in total. The standard InChI is InChI=1S/C12H16BrN5O/c1-17(2)12(19)15-5-6-18-10-4-3-8(13)7-9(10)16-11(18)14/h3-4,7H,5-6H2,1-2H3,(H2,14,16)(H,15,19). The number of nitrogen functional groups attached to an aromatic ring is 1. The zero-order valence-corrected chi connectivity index (χ0v) is 12.4. The summed E-state index contributed by atoms with van der Waals surface area (Å²) in [6.45, 7) is 1.09. The van der Waals surface area contributed by atoms with Gasteiger partial charge >= 0.3 is 6.03 Å². The number of nitrogens with two attached hydrogens (primary N) is 1. The Morgan fingerprint density at radius 3 is 2.95 bits per heavy atom. The number of hydrogen-bond donors (Lipinski definition) is 2. The molecule has 0 fully saturated rings. The van der Waals surface area contributed by atoms with Gasteiger partial charge in [0, 0.05) is 31.7 Å². The number of carbonyl (C=O) groups excluding carboxylic acids is 1. The van der Waals surface area contributed by atoms with Crippen LogP contribution in [0.5, 0.6) is 0 Å². The van der Waals surface area contributed by atoms with E-state index in [9.17, 15) is 4.79 Å². The highest BCUT2D eigenvalue weighted by molar-refractivity contribution is 9.10. The van der Waals surface area contributed by atoms with E-state index >= 15 is 0 Å². The zero-order chi connectivity index (χ0) is 14.0. The van der Waals surface area contributed by atoms with Gasteiger partial charge in [-0.1, -0.05) is 15.9 Å². The first-order valence-corrected chi connectivity index (χ1v) is 6.65. The average Bonchev–Trinajstić information content (AvgIpc) is 2.64. The third-order valence-electron chi connectivity index (χ3n) is 2.76. The molecule has 0 spiro atoms. The number of urea groups is 1. The summed E-state index contributed by atoms with van der Waals surface area (Å²) in [6.07, 6.45) is 0. The average molecular weight is 326 g/mol. The molecule has 0 atom stereocenters. The van der Waals surface area contributed by atoms with E-state index < -0.39 is 0 Å². The fraction of sp³-hybridized carbons (Fsp3) is 0.333. The van der Waals surface area contributed by atoms with Crippen LogP contribution in [0, 0.1) is 0 Å². The molecule has 19 heavy (non-hydrogen) atoms. The van der Waals surface area contributed by atoms with Crippen molar-refractivity contribution < 1.29 is 4.79 Å². The number of nitrogens with zero attached hydrogens (tertiary/aromatic N) is 3. The molecule has 2 rings (SSSR count). The van der Waals surface area contributed by atoms with E-state index in [1.165, 1.54) is 4.90 Å². The van der Waals surface area contributed by atoms with E-state index in [-0.39, 0.29) is 6.03 Å². The molecule has 7 heteroatoms. The van der Waals surface area contributed by atoms with Crippen LogP contribution in [0.3, 0.4) is 0 Å². The van der Waals surface area contributed by atoms with E-state index in [0.29, 0.717) is 19.0 Å². The molecular weight excluding hydrogens is 310 g/mol. The number of halogens is 1. The summed E-state index contributed by atoms with van der Waals surface area (Å²) in [6, 6.07) is 5.70. The third-order valence-corrected chi connectivity index (χ3v) is 3.25. The molecule has 2 amide bonds. The minimum absolute atomic E-state index is 0.120. The molecular formula is C12H16BrN5O. The lowest BCUT2D eigenvalue weighted by atomic mass is 10.3. The minimum atomic E-state index is -0.120. The van der Waals surface area contributed by atoms with Gasteiger partial charge in [-0.2, -0.15) is 0 Å². The van der Waals surface area contributed by atoms with Gasteiger partial charge in [-0.25, -0.2) is 9.78 Å². The highest BCUT2D eigenvalue weighted by Crippen LogP contribution is 2.21. The molecule has 0 saturated carbocycles. The minimum Gasteiger partial charge on any atom is -0.369 e. The number of nitrogens with one attached hydrogen (secondary N) is 1. The largest absolute Gasteiger partial charge is 0.369 e. The molecule has 0 radical (unpaired) electrons. The van der Waals surface area contributed by atoms with Gasteiger partial charge in [0.2, 0.25) is 5.95 Å². The molecule has 2 aromatic rings. The van der Waals surface area contributed by atoms with E-state index in [0.717, 1.165) is 15.5 Å². The fourth-order valence-corrected chi connectivity index (χ4v) is 2.14. The second-order valence-electron chi connectivity index (χ2n) is 4.38. The van der Waals surface area contributed by atoms with Gasteiger partial charge in [-0.15, -0.1) is 0 Å². The number of carbonyl (C=O) groups is 1. The van der Waals surface area contributed by atoms with Gasteiger partial charge in [-0.3, -0.25) is 0 Å². The zero-order valence-electron chi connectivity index (χ0n) is 10.9. The van der Waals surface area contributed by atoms with Crippen LogP contribution in [0.25, 0.3) is 11.0 Å². The van der Waals surface area contributed by atoms with Crippen LogP contribution in [0.4, 0.5) is 10.7 Å². The summed E-state index contributed by atoms with van der Waals surface area (Å²) >= 11 is 3.40. The Hall–Kier alpha value is -1.76. The summed E-state index contributed by atoms with van der Waals surface area (Å²) in [7, 11) is 3.40. The Morgan fingerprint density at radius 2 is 2.26 bits per heavy atom. The van der Waals surface area contributed by atoms with Crippen molar-refractivity contribution in [2.75, 3.05) is 26.4 Å². The maximum absolute atomic E-state index is 11.4. The number of benzene rings is 1. The first-order valence-electron chi connectivity index (χ1n) is 5.85. The Bertz CT molecular complexity index is 607. The fourth-order valence-electron chi connectivity index (χ4n) is 1.79.